The van der Waals surface area contributed by atoms with E-state index in [2.05, 4.69) is 12.2 Å². The van der Waals surface area contributed by atoms with E-state index in [0.29, 0.717) is 42.2 Å². The number of nitrogens with zero attached hydrogens (tertiary/aromatic N) is 1. The molecule has 0 aliphatic heterocycles. The summed E-state index contributed by atoms with van der Waals surface area (Å²) in [6, 6.07) is 15.8. The first-order valence-electron chi connectivity index (χ1n) is 11.4. The van der Waals surface area contributed by atoms with Crippen LogP contribution in [0.5, 0.6) is 0 Å². The summed E-state index contributed by atoms with van der Waals surface area (Å²) in [5.74, 6) is -0.277. The van der Waals surface area contributed by atoms with Crippen molar-refractivity contribution in [3.8, 4) is 0 Å². The molecule has 4 nitrogen and oxygen atoms in total. The summed E-state index contributed by atoms with van der Waals surface area (Å²) in [4.78, 5) is 15.3. The summed E-state index contributed by atoms with van der Waals surface area (Å²) in [6.45, 7) is 6.53. The van der Waals surface area contributed by atoms with E-state index in [-0.39, 0.29) is 11.8 Å². The Morgan fingerprint density at radius 2 is 1.55 bits per heavy atom. The minimum Gasteiger partial charge on any atom is -0.398 e. The van der Waals surface area contributed by atoms with Gasteiger partial charge in [-0.25, -0.2) is 9.18 Å². The van der Waals surface area contributed by atoms with Gasteiger partial charge in [0.2, 0.25) is 0 Å². The van der Waals surface area contributed by atoms with Crippen LogP contribution in [0.15, 0.2) is 54.6 Å². The lowest BCUT2D eigenvalue weighted by molar-refractivity contribution is 0.257. The van der Waals surface area contributed by atoms with Crippen molar-refractivity contribution >= 4 is 34.7 Å². The van der Waals surface area contributed by atoms with Crippen molar-refractivity contribution in [1.29, 1.82) is 0 Å². The first-order valence-corrected chi connectivity index (χ1v) is 11.8. The zero-order valence-electron chi connectivity index (χ0n) is 19.4. The fourth-order valence-electron chi connectivity index (χ4n) is 3.96. The summed E-state index contributed by atoms with van der Waals surface area (Å²) in [5.41, 5.74) is 12.2. The predicted octanol–water partition coefficient (Wildman–Crippen LogP) is 7.03. The van der Waals surface area contributed by atoms with E-state index in [0.717, 1.165) is 28.8 Å². The fourth-order valence-corrected chi connectivity index (χ4v) is 4.31. The molecule has 0 spiro atoms. The number of amides is 2. The Morgan fingerprint density at radius 3 is 2.12 bits per heavy atom. The van der Waals surface area contributed by atoms with Gasteiger partial charge in [-0.05, 0) is 78.3 Å². The molecule has 3 N–H and O–H groups in total. The number of hydrogen-bond donors (Lipinski definition) is 2. The molecule has 0 unspecified atom stereocenters. The molecule has 2 amide bonds. The molecule has 0 radical (unpaired) electrons. The van der Waals surface area contributed by atoms with Gasteiger partial charge in [0.05, 0.1) is 5.69 Å². The molecule has 0 saturated carbocycles. The largest absolute Gasteiger partial charge is 0.398 e. The van der Waals surface area contributed by atoms with Crippen molar-refractivity contribution in [1.82, 2.24) is 0 Å². The summed E-state index contributed by atoms with van der Waals surface area (Å²) in [7, 11) is 0. The van der Waals surface area contributed by atoms with E-state index in [1.807, 2.05) is 38.1 Å². The molecule has 0 aliphatic rings. The average Bonchev–Trinajstić information content (AvgIpc) is 2.81. The monoisotopic (exact) mass is 467 g/mol. The van der Waals surface area contributed by atoms with Gasteiger partial charge >= 0.3 is 6.03 Å². The molecular weight excluding hydrogens is 437 g/mol. The third-order valence-corrected chi connectivity index (χ3v) is 6.24. The summed E-state index contributed by atoms with van der Waals surface area (Å²) < 4.78 is 13.3. The first-order chi connectivity index (χ1) is 15.9. The molecule has 33 heavy (non-hydrogen) atoms. The summed E-state index contributed by atoms with van der Waals surface area (Å²) in [6.07, 6.45) is 2.85. The van der Waals surface area contributed by atoms with Gasteiger partial charge in [-0.3, -0.25) is 4.90 Å². The minimum absolute atomic E-state index is 0.257. The fraction of sp³-hybridized carbons (Fsp3) is 0.296. The van der Waals surface area contributed by atoms with Gasteiger partial charge in [0.1, 0.15) is 5.82 Å². The Balaban J connectivity index is 1.94. The lowest BCUT2D eigenvalue weighted by atomic mass is 10.0. The summed E-state index contributed by atoms with van der Waals surface area (Å²) in [5, 5.41) is 3.65. The number of urea groups is 1. The second-order valence-electron chi connectivity index (χ2n) is 7.97. The molecule has 0 aromatic heterocycles. The quantitative estimate of drug-likeness (QED) is 0.349. The van der Waals surface area contributed by atoms with Crippen molar-refractivity contribution in [3.63, 3.8) is 0 Å². The van der Waals surface area contributed by atoms with Crippen LogP contribution in [0.25, 0.3) is 0 Å². The van der Waals surface area contributed by atoms with Gasteiger partial charge in [-0.15, -0.1) is 0 Å². The van der Waals surface area contributed by atoms with E-state index in [1.54, 1.807) is 23.1 Å². The van der Waals surface area contributed by atoms with Crippen molar-refractivity contribution in [3.05, 3.63) is 87.7 Å². The maximum Gasteiger partial charge on any atom is 0.326 e. The highest BCUT2D eigenvalue weighted by Gasteiger charge is 2.21. The number of rotatable bonds is 8. The van der Waals surface area contributed by atoms with E-state index in [9.17, 15) is 9.18 Å². The van der Waals surface area contributed by atoms with Crippen LogP contribution in [0.4, 0.5) is 26.2 Å². The van der Waals surface area contributed by atoms with Crippen LogP contribution in [-0.2, 0) is 25.7 Å². The highest BCUT2D eigenvalue weighted by Crippen LogP contribution is 2.34. The Morgan fingerprint density at radius 1 is 0.939 bits per heavy atom. The Bertz CT molecular complexity index is 1070. The highest BCUT2D eigenvalue weighted by molar-refractivity contribution is 6.32. The summed E-state index contributed by atoms with van der Waals surface area (Å²) >= 11 is 6.46. The lowest BCUT2D eigenvalue weighted by Gasteiger charge is -2.26. The van der Waals surface area contributed by atoms with Crippen LogP contribution in [0, 0.1) is 5.82 Å². The first kappa shape index (κ1) is 24.6. The number of carbonyl (C=O) groups excluding carboxylic acids is 1. The molecule has 0 aliphatic carbocycles. The van der Waals surface area contributed by atoms with Gasteiger partial charge < -0.3 is 11.1 Å². The van der Waals surface area contributed by atoms with Gasteiger partial charge in [0, 0.05) is 22.9 Å². The zero-order chi connectivity index (χ0) is 24.0. The molecule has 0 fully saturated rings. The number of nitrogens with one attached hydrogen (secondary N) is 1. The van der Waals surface area contributed by atoms with Crippen LogP contribution in [0.3, 0.4) is 0 Å². The number of anilines is 3. The molecule has 6 heteroatoms. The number of hydrogen-bond acceptors (Lipinski definition) is 2. The molecule has 3 rings (SSSR count). The number of nitrogen functional groups attached to an aromatic ring is 1. The molecule has 0 bridgehead atoms. The Kier molecular flexibility index (Phi) is 8.34. The van der Waals surface area contributed by atoms with Crippen LogP contribution < -0.4 is 16.0 Å². The molecule has 3 aromatic rings. The van der Waals surface area contributed by atoms with E-state index in [1.165, 1.54) is 17.7 Å². The second-order valence-corrected chi connectivity index (χ2v) is 8.37. The maximum atomic E-state index is 13.6. The number of benzene rings is 3. The maximum absolute atomic E-state index is 13.6. The number of halogens is 2. The zero-order valence-corrected chi connectivity index (χ0v) is 20.2. The molecule has 0 saturated heterocycles. The Labute approximate surface area is 200 Å². The van der Waals surface area contributed by atoms with Gasteiger partial charge in [-0.2, -0.15) is 0 Å². The third kappa shape index (κ3) is 5.85. The average molecular weight is 468 g/mol. The van der Waals surface area contributed by atoms with Crippen molar-refractivity contribution in [2.75, 3.05) is 22.5 Å². The predicted molar refractivity (Wildman–Crippen MR) is 137 cm³/mol. The van der Waals surface area contributed by atoms with E-state index < -0.39 is 0 Å². The molecule has 0 heterocycles. The van der Waals surface area contributed by atoms with E-state index in [4.69, 9.17) is 17.3 Å². The SMILES string of the molecule is CCc1ccc(N(CCc2ccc(F)cc2)C(=O)Nc2c(CC)c(N)cc(Cl)c2CC)cc1. The van der Waals surface area contributed by atoms with Gasteiger partial charge in [-0.1, -0.05) is 56.6 Å². The standard InChI is InChI=1S/C27H31ClFN3O/c1-4-18-9-13-21(14-10-18)32(16-15-19-7-11-20(29)12-8-19)27(33)31-26-22(5-2)24(28)17-25(30)23(26)6-3/h7-14,17H,4-6,15-16,30H2,1-3H3,(H,31,33). The molecule has 0 atom stereocenters. The third-order valence-electron chi connectivity index (χ3n) is 5.90. The topological polar surface area (TPSA) is 58.4 Å². The van der Waals surface area contributed by atoms with E-state index >= 15 is 0 Å². The smallest absolute Gasteiger partial charge is 0.326 e. The Hall–Kier alpha value is -3.05. The van der Waals surface area contributed by atoms with Crippen molar-refractivity contribution in [2.24, 2.45) is 0 Å². The van der Waals surface area contributed by atoms with Crippen LogP contribution in [-0.4, -0.2) is 12.6 Å². The molecule has 174 valence electrons. The minimum atomic E-state index is -0.277. The van der Waals surface area contributed by atoms with Crippen LogP contribution in [0.1, 0.15) is 43.0 Å². The molecular formula is C27H31ClFN3O. The number of nitrogens with two attached hydrogens (primary N) is 1. The van der Waals surface area contributed by atoms with Gasteiger partial charge in [0.15, 0.2) is 0 Å². The second kappa shape index (κ2) is 11.2. The van der Waals surface area contributed by atoms with Crippen molar-refractivity contribution in [2.45, 2.75) is 46.5 Å². The highest BCUT2D eigenvalue weighted by atomic mass is 35.5. The lowest BCUT2D eigenvalue weighted by Crippen LogP contribution is -2.37. The van der Waals surface area contributed by atoms with Crippen molar-refractivity contribution < 1.29 is 9.18 Å². The van der Waals surface area contributed by atoms with Crippen LogP contribution in [0.2, 0.25) is 5.02 Å². The normalized spacial score (nSPS) is 10.8. The number of carbonyl (C=O) groups is 1. The number of aryl methyl sites for hydroxylation is 1. The van der Waals surface area contributed by atoms with Gasteiger partial charge in [0.25, 0.3) is 0 Å². The molecule has 3 aromatic carbocycles. The van der Waals surface area contributed by atoms with Crippen LogP contribution >= 0.6 is 11.6 Å².